The molecule has 2 heterocycles. The third kappa shape index (κ3) is 4.18. The fourth-order valence-electron chi connectivity index (χ4n) is 3.01. The van der Waals surface area contributed by atoms with Gasteiger partial charge >= 0.3 is 0 Å². The van der Waals surface area contributed by atoms with Gasteiger partial charge in [0, 0.05) is 29.4 Å². The number of methoxy groups -OCH3 is 2. The lowest BCUT2D eigenvalue weighted by molar-refractivity contribution is 0.101. The number of aromatic hydroxyl groups is 1. The van der Waals surface area contributed by atoms with E-state index in [4.69, 9.17) is 14.2 Å². The number of nitrogens with zero attached hydrogens (tertiary/aromatic N) is 2. The Morgan fingerprint density at radius 3 is 2.48 bits per heavy atom. The molecular weight excluding hydrogens is 398 g/mol. The minimum Gasteiger partial charge on any atom is -0.503 e. The van der Waals surface area contributed by atoms with E-state index in [0.29, 0.717) is 28.6 Å². The molecule has 0 aliphatic heterocycles. The molecule has 0 atom stereocenters. The van der Waals surface area contributed by atoms with Crippen LogP contribution in [0.5, 0.6) is 28.9 Å². The van der Waals surface area contributed by atoms with Crippen molar-refractivity contribution in [3.63, 3.8) is 0 Å². The van der Waals surface area contributed by atoms with Gasteiger partial charge in [0.15, 0.2) is 28.7 Å². The summed E-state index contributed by atoms with van der Waals surface area (Å²) >= 11 is 0. The normalized spacial score (nSPS) is 10.5. The summed E-state index contributed by atoms with van der Waals surface area (Å²) in [6.45, 7) is 0. The third-order valence-electron chi connectivity index (χ3n) is 4.53. The van der Waals surface area contributed by atoms with E-state index in [-0.39, 0.29) is 17.2 Å². The van der Waals surface area contributed by atoms with Gasteiger partial charge in [-0.2, -0.15) is 0 Å². The number of benzene rings is 2. The Labute approximate surface area is 178 Å². The monoisotopic (exact) mass is 417 g/mol. The number of nitrogens with one attached hydrogen (secondary N) is 1. The van der Waals surface area contributed by atoms with Crippen LogP contribution in [0.1, 0.15) is 10.5 Å². The Hall–Kier alpha value is -4.33. The van der Waals surface area contributed by atoms with E-state index in [2.05, 4.69) is 15.3 Å². The van der Waals surface area contributed by atoms with Crippen molar-refractivity contribution in [1.29, 1.82) is 0 Å². The highest BCUT2D eigenvalue weighted by molar-refractivity contribution is 6.05. The van der Waals surface area contributed by atoms with E-state index in [1.807, 2.05) is 18.2 Å². The van der Waals surface area contributed by atoms with Crippen LogP contribution in [0.25, 0.3) is 10.9 Å². The van der Waals surface area contributed by atoms with E-state index in [9.17, 15) is 9.90 Å². The van der Waals surface area contributed by atoms with Crippen LogP contribution in [-0.2, 0) is 0 Å². The molecular formula is C23H19N3O5. The first kappa shape index (κ1) is 20.0. The molecule has 0 bridgehead atoms. The molecule has 0 aliphatic rings. The van der Waals surface area contributed by atoms with Gasteiger partial charge in [0.25, 0.3) is 5.91 Å². The summed E-state index contributed by atoms with van der Waals surface area (Å²) < 4.78 is 16.1. The van der Waals surface area contributed by atoms with Crippen molar-refractivity contribution in [2.45, 2.75) is 0 Å². The van der Waals surface area contributed by atoms with Gasteiger partial charge < -0.3 is 24.6 Å². The lowest BCUT2D eigenvalue weighted by atomic mass is 10.2. The van der Waals surface area contributed by atoms with Gasteiger partial charge in [-0.15, -0.1) is 0 Å². The molecule has 31 heavy (non-hydrogen) atoms. The van der Waals surface area contributed by atoms with Crippen molar-refractivity contribution in [2.75, 3.05) is 19.5 Å². The lowest BCUT2D eigenvalue weighted by Crippen LogP contribution is -2.14. The van der Waals surface area contributed by atoms with E-state index >= 15 is 0 Å². The molecule has 0 saturated carbocycles. The molecule has 0 fully saturated rings. The Morgan fingerprint density at radius 1 is 0.935 bits per heavy atom. The largest absolute Gasteiger partial charge is 0.503 e. The predicted octanol–water partition coefficient (Wildman–Crippen LogP) is 4.40. The molecule has 4 rings (SSSR count). The molecule has 8 heteroatoms. The standard InChI is InChI=1S/C23H19N3O5/c1-29-17-5-3-4-6-18(17)31-20-10-7-14-13-15(8-9-16(14)26-20)25-23(28)21-22(27)19(30-2)11-12-24-21/h3-13,27H,1-2H3,(H,25,28). The molecule has 2 aromatic carbocycles. The number of ether oxygens (including phenoxy) is 3. The second-order valence-corrected chi connectivity index (χ2v) is 6.47. The van der Waals surface area contributed by atoms with Crippen molar-refractivity contribution >= 4 is 22.5 Å². The van der Waals surface area contributed by atoms with Gasteiger partial charge in [0.1, 0.15) is 0 Å². The highest BCUT2D eigenvalue weighted by atomic mass is 16.5. The number of carbonyl (C=O) groups is 1. The van der Waals surface area contributed by atoms with Crippen LogP contribution in [0.4, 0.5) is 5.69 Å². The maximum absolute atomic E-state index is 12.5. The summed E-state index contributed by atoms with van der Waals surface area (Å²) in [6.07, 6.45) is 1.39. The van der Waals surface area contributed by atoms with E-state index in [1.165, 1.54) is 19.4 Å². The molecule has 4 aromatic rings. The van der Waals surface area contributed by atoms with Crippen molar-refractivity contribution in [3.8, 4) is 28.9 Å². The molecule has 0 radical (unpaired) electrons. The van der Waals surface area contributed by atoms with Crippen molar-refractivity contribution < 1.29 is 24.1 Å². The zero-order valence-corrected chi connectivity index (χ0v) is 16.8. The van der Waals surface area contributed by atoms with Crippen LogP contribution in [-0.4, -0.2) is 35.2 Å². The Morgan fingerprint density at radius 2 is 1.71 bits per heavy atom. The molecule has 2 aromatic heterocycles. The molecule has 2 N–H and O–H groups in total. The number of aromatic nitrogens is 2. The molecule has 0 spiro atoms. The average Bonchev–Trinajstić information content (AvgIpc) is 2.79. The van der Waals surface area contributed by atoms with Gasteiger partial charge in [0.2, 0.25) is 5.88 Å². The van der Waals surface area contributed by atoms with Crippen LogP contribution in [0.15, 0.2) is 66.9 Å². The quantitative estimate of drug-likeness (QED) is 0.479. The van der Waals surface area contributed by atoms with Crippen LogP contribution < -0.4 is 19.5 Å². The highest BCUT2D eigenvalue weighted by Crippen LogP contribution is 2.31. The molecule has 0 aliphatic carbocycles. The van der Waals surface area contributed by atoms with Gasteiger partial charge in [0.05, 0.1) is 19.7 Å². The number of amides is 1. The molecule has 1 amide bonds. The fraction of sp³-hybridized carbons (Fsp3) is 0.0870. The zero-order valence-electron chi connectivity index (χ0n) is 16.8. The average molecular weight is 417 g/mol. The smallest absolute Gasteiger partial charge is 0.278 e. The highest BCUT2D eigenvalue weighted by Gasteiger charge is 2.17. The van der Waals surface area contributed by atoms with Crippen molar-refractivity contribution in [2.24, 2.45) is 0 Å². The Kier molecular flexibility index (Phi) is 5.53. The SMILES string of the molecule is COc1ccccc1Oc1ccc2cc(NC(=O)c3nccc(OC)c3O)ccc2n1. The molecule has 0 saturated heterocycles. The zero-order chi connectivity index (χ0) is 21.8. The van der Waals surface area contributed by atoms with Crippen LogP contribution in [0, 0.1) is 0 Å². The van der Waals surface area contributed by atoms with Crippen LogP contribution in [0.2, 0.25) is 0 Å². The van der Waals surface area contributed by atoms with E-state index in [1.54, 1.807) is 43.5 Å². The van der Waals surface area contributed by atoms with Crippen molar-refractivity contribution in [1.82, 2.24) is 9.97 Å². The second-order valence-electron chi connectivity index (χ2n) is 6.47. The maximum atomic E-state index is 12.5. The Balaban J connectivity index is 1.55. The third-order valence-corrected chi connectivity index (χ3v) is 4.53. The molecule has 8 nitrogen and oxygen atoms in total. The number of pyridine rings is 2. The first-order chi connectivity index (χ1) is 15.1. The number of anilines is 1. The van der Waals surface area contributed by atoms with Gasteiger partial charge in [-0.05, 0) is 36.4 Å². The minimum atomic E-state index is -0.556. The number of carbonyl (C=O) groups excluding carboxylic acids is 1. The topological polar surface area (TPSA) is 103 Å². The number of rotatable bonds is 6. The van der Waals surface area contributed by atoms with Crippen LogP contribution >= 0.6 is 0 Å². The minimum absolute atomic E-state index is 0.127. The first-order valence-corrected chi connectivity index (χ1v) is 9.34. The first-order valence-electron chi connectivity index (χ1n) is 9.34. The summed E-state index contributed by atoms with van der Waals surface area (Å²) in [5.41, 5.74) is 1.09. The molecule has 156 valence electrons. The van der Waals surface area contributed by atoms with E-state index in [0.717, 1.165) is 5.39 Å². The van der Waals surface area contributed by atoms with Gasteiger partial charge in [-0.25, -0.2) is 9.97 Å². The summed E-state index contributed by atoms with van der Waals surface area (Å²) in [7, 11) is 2.98. The number of hydrogen-bond donors (Lipinski definition) is 2. The molecule has 0 unspecified atom stereocenters. The van der Waals surface area contributed by atoms with Gasteiger partial charge in [-0.1, -0.05) is 12.1 Å². The lowest BCUT2D eigenvalue weighted by Gasteiger charge is -2.11. The van der Waals surface area contributed by atoms with E-state index < -0.39 is 5.91 Å². The summed E-state index contributed by atoms with van der Waals surface area (Å²) in [4.78, 5) is 21.0. The van der Waals surface area contributed by atoms with Gasteiger partial charge in [-0.3, -0.25) is 4.79 Å². The number of para-hydroxylation sites is 2. The van der Waals surface area contributed by atoms with Crippen molar-refractivity contribution in [3.05, 3.63) is 72.6 Å². The fourth-order valence-corrected chi connectivity index (χ4v) is 3.01. The summed E-state index contributed by atoms with van der Waals surface area (Å²) in [5.74, 6) is 0.885. The summed E-state index contributed by atoms with van der Waals surface area (Å²) in [5, 5.41) is 13.6. The van der Waals surface area contributed by atoms with Crippen LogP contribution in [0.3, 0.4) is 0 Å². The second kappa shape index (κ2) is 8.58. The Bertz CT molecular complexity index is 1260. The number of fused-ring (bicyclic) bond motifs is 1. The number of hydrogen-bond acceptors (Lipinski definition) is 7. The summed E-state index contributed by atoms with van der Waals surface area (Å²) in [6, 6.07) is 17.6. The maximum Gasteiger partial charge on any atom is 0.278 e. The predicted molar refractivity (Wildman–Crippen MR) is 115 cm³/mol.